The molecule has 7 aromatic carbocycles. The molecule has 0 saturated carbocycles. The SMILES string of the molecule is CC1(C)c2ccccc2-c2cccc(-c3ccc(-n4c5ccccc5c5ccccc5c5ccccc5c5ccccc54)cc3)c21. The molecule has 0 bridgehead atoms. The first-order valence-corrected chi connectivity index (χ1v) is 16.1. The lowest BCUT2D eigenvalue weighted by molar-refractivity contribution is 0.662. The minimum atomic E-state index is -0.0683. The van der Waals surface area contributed by atoms with E-state index in [1.807, 2.05) is 0 Å². The fourth-order valence-electron chi connectivity index (χ4n) is 7.98. The molecule has 1 nitrogen and oxygen atoms in total. The first kappa shape index (κ1) is 26.7. The molecule has 1 heteroatoms. The Morgan fingerprint density at radius 3 is 1.39 bits per heavy atom. The number of rotatable bonds is 2. The largest absolute Gasteiger partial charge is 0.309 e. The van der Waals surface area contributed by atoms with Crippen LogP contribution in [0.4, 0.5) is 0 Å². The van der Waals surface area contributed by atoms with Crippen LogP contribution in [0.25, 0.3) is 71.3 Å². The molecule has 46 heavy (non-hydrogen) atoms. The predicted molar refractivity (Wildman–Crippen MR) is 196 cm³/mol. The van der Waals surface area contributed by atoms with Gasteiger partial charge >= 0.3 is 0 Å². The number of nitrogens with zero attached hydrogens (tertiary/aromatic N) is 1. The van der Waals surface area contributed by atoms with Crippen LogP contribution in [0.2, 0.25) is 0 Å². The average molecular weight is 588 g/mol. The fraction of sp³-hybridized carbons (Fsp3) is 0.0667. The maximum Gasteiger partial charge on any atom is 0.0540 e. The molecule has 1 heterocycles. The van der Waals surface area contributed by atoms with Crippen molar-refractivity contribution in [3.05, 3.63) is 175 Å². The van der Waals surface area contributed by atoms with Gasteiger partial charge in [-0.25, -0.2) is 0 Å². The van der Waals surface area contributed by atoms with Gasteiger partial charge in [0.05, 0.1) is 11.0 Å². The van der Waals surface area contributed by atoms with Crippen LogP contribution in [0.3, 0.4) is 0 Å². The summed E-state index contributed by atoms with van der Waals surface area (Å²) in [6.45, 7) is 4.73. The van der Waals surface area contributed by atoms with Gasteiger partial charge in [0, 0.05) is 21.9 Å². The highest BCUT2D eigenvalue weighted by Gasteiger charge is 2.37. The van der Waals surface area contributed by atoms with Crippen LogP contribution in [0.15, 0.2) is 164 Å². The maximum atomic E-state index is 2.45. The van der Waals surface area contributed by atoms with Crippen molar-refractivity contribution >= 4 is 43.4 Å². The standard InChI is InChI=1S/C45H33N/c1-45(2)41-23-10-7-18-37(41)40-22-13-21-32(44(40)45)30-26-28-31(29-27-30)46-42-24-11-8-19-38(42)35-16-5-3-14-33(35)34-15-4-6-17-36(34)39-20-9-12-25-43(39)46/h3-29H,1-2H3. The van der Waals surface area contributed by atoms with Crippen LogP contribution >= 0.6 is 0 Å². The van der Waals surface area contributed by atoms with Crippen molar-refractivity contribution < 1.29 is 0 Å². The highest BCUT2D eigenvalue weighted by molar-refractivity contribution is 6.19. The zero-order chi connectivity index (χ0) is 30.8. The maximum absolute atomic E-state index is 2.45. The molecular formula is C45H33N. The van der Waals surface area contributed by atoms with E-state index in [1.165, 1.54) is 76.7 Å². The van der Waals surface area contributed by atoms with Crippen molar-refractivity contribution in [2.45, 2.75) is 19.3 Å². The van der Waals surface area contributed by atoms with E-state index in [-0.39, 0.29) is 5.41 Å². The molecule has 0 N–H and O–H groups in total. The summed E-state index contributed by atoms with van der Waals surface area (Å²) >= 11 is 0. The molecule has 0 radical (unpaired) electrons. The van der Waals surface area contributed by atoms with Gasteiger partial charge in [-0.2, -0.15) is 0 Å². The lowest BCUT2D eigenvalue weighted by atomic mass is 9.79. The second-order valence-corrected chi connectivity index (χ2v) is 12.9. The van der Waals surface area contributed by atoms with Crippen LogP contribution in [-0.4, -0.2) is 4.57 Å². The Labute approximate surface area is 269 Å². The molecule has 0 aliphatic heterocycles. The van der Waals surface area contributed by atoms with E-state index in [0.717, 1.165) is 5.69 Å². The number of benzene rings is 7. The summed E-state index contributed by atoms with van der Waals surface area (Å²) in [6, 6.07) is 60.2. The van der Waals surface area contributed by atoms with Crippen LogP contribution in [0.1, 0.15) is 25.0 Å². The minimum Gasteiger partial charge on any atom is -0.309 e. The Morgan fingerprint density at radius 1 is 0.370 bits per heavy atom. The molecular weight excluding hydrogens is 555 g/mol. The third-order valence-corrected chi connectivity index (χ3v) is 10.0. The Hall–Kier alpha value is -5.66. The molecule has 8 aromatic rings. The highest BCUT2D eigenvalue weighted by Crippen LogP contribution is 2.52. The number of hydrogen-bond acceptors (Lipinski definition) is 0. The fourth-order valence-corrected chi connectivity index (χ4v) is 7.98. The van der Waals surface area contributed by atoms with Crippen molar-refractivity contribution in [3.8, 4) is 27.9 Å². The normalized spacial score (nSPS) is 13.2. The molecule has 9 rings (SSSR count). The minimum absolute atomic E-state index is 0.0683. The van der Waals surface area contributed by atoms with Crippen molar-refractivity contribution in [1.29, 1.82) is 0 Å². The van der Waals surface area contributed by atoms with E-state index in [4.69, 9.17) is 0 Å². The lowest BCUT2D eigenvalue weighted by Crippen LogP contribution is -2.16. The quantitative estimate of drug-likeness (QED) is 0.190. The molecule has 0 unspecified atom stereocenters. The highest BCUT2D eigenvalue weighted by atomic mass is 15.0. The zero-order valence-electron chi connectivity index (χ0n) is 26.0. The molecule has 0 amide bonds. The third-order valence-electron chi connectivity index (χ3n) is 10.0. The molecule has 0 spiro atoms. The van der Waals surface area contributed by atoms with Crippen molar-refractivity contribution in [1.82, 2.24) is 4.57 Å². The average Bonchev–Trinajstić information content (AvgIpc) is 3.37. The molecule has 218 valence electrons. The molecule has 0 saturated heterocycles. The van der Waals surface area contributed by atoms with E-state index in [1.54, 1.807) is 0 Å². The molecule has 1 aliphatic rings. The molecule has 1 aromatic heterocycles. The summed E-state index contributed by atoms with van der Waals surface area (Å²) < 4.78 is 2.45. The topological polar surface area (TPSA) is 4.93 Å². The van der Waals surface area contributed by atoms with E-state index in [2.05, 4.69) is 182 Å². The van der Waals surface area contributed by atoms with Gasteiger partial charge in [-0.05, 0) is 79.2 Å². The van der Waals surface area contributed by atoms with E-state index >= 15 is 0 Å². The molecule has 1 aliphatic carbocycles. The van der Waals surface area contributed by atoms with Crippen LogP contribution in [0, 0.1) is 0 Å². The van der Waals surface area contributed by atoms with Gasteiger partial charge < -0.3 is 4.57 Å². The van der Waals surface area contributed by atoms with Gasteiger partial charge in [0.1, 0.15) is 0 Å². The summed E-state index contributed by atoms with van der Waals surface area (Å²) in [5, 5.41) is 7.41. The molecule has 0 fully saturated rings. The molecule has 0 atom stereocenters. The van der Waals surface area contributed by atoms with E-state index in [9.17, 15) is 0 Å². The van der Waals surface area contributed by atoms with Gasteiger partial charge in [0.25, 0.3) is 0 Å². The number of fused-ring (bicyclic) bond motifs is 10. The monoisotopic (exact) mass is 587 g/mol. The van der Waals surface area contributed by atoms with Crippen LogP contribution in [-0.2, 0) is 5.41 Å². The summed E-state index contributed by atoms with van der Waals surface area (Å²) in [7, 11) is 0. The number of hydrogen-bond donors (Lipinski definition) is 0. The Balaban J connectivity index is 1.35. The van der Waals surface area contributed by atoms with Crippen LogP contribution in [0.5, 0.6) is 0 Å². The second kappa shape index (κ2) is 10.2. The Bertz CT molecular complexity index is 2440. The van der Waals surface area contributed by atoms with Gasteiger partial charge in [-0.1, -0.05) is 153 Å². The van der Waals surface area contributed by atoms with Gasteiger partial charge in [0.15, 0.2) is 0 Å². The van der Waals surface area contributed by atoms with Crippen molar-refractivity contribution in [2.75, 3.05) is 0 Å². The van der Waals surface area contributed by atoms with Crippen molar-refractivity contribution in [2.24, 2.45) is 0 Å². The van der Waals surface area contributed by atoms with E-state index in [0.29, 0.717) is 0 Å². The van der Waals surface area contributed by atoms with Crippen molar-refractivity contribution in [3.63, 3.8) is 0 Å². The van der Waals surface area contributed by atoms with Gasteiger partial charge in [-0.15, -0.1) is 0 Å². The summed E-state index contributed by atoms with van der Waals surface area (Å²) in [6.07, 6.45) is 0. The van der Waals surface area contributed by atoms with Gasteiger partial charge in [-0.3, -0.25) is 0 Å². The zero-order valence-corrected chi connectivity index (χ0v) is 26.0. The first-order valence-electron chi connectivity index (χ1n) is 16.1. The number of aromatic nitrogens is 1. The third kappa shape index (κ3) is 3.88. The smallest absolute Gasteiger partial charge is 0.0540 e. The first-order chi connectivity index (χ1) is 22.6. The van der Waals surface area contributed by atoms with E-state index < -0.39 is 0 Å². The summed E-state index contributed by atoms with van der Waals surface area (Å²) in [5.74, 6) is 0. The second-order valence-electron chi connectivity index (χ2n) is 12.9. The Morgan fingerprint density at radius 2 is 0.804 bits per heavy atom. The predicted octanol–water partition coefficient (Wildman–Crippen LogP) is 12.2. The Kier molecular flexibility index (Phi) is 5.92. The lowest BCUT2D eigenvalue weighted by Gasteiger charge is -2.24. The van der Waals surface area contributed by atoms with Gasteiger partial charge in [0.2, 0.25) is 0 Å². The van der Waals surface area contributed by atoms with Crippen LogP contribution < -0.4 is 0 Å². The number of para-hydroxylation sites is 2. The summed E-state index contributed by atoms with van der Waals surface area (Å²) in [4.78, 5) is 0. The summed E-state index contributed by atoms with van der Waals surface area (Å²) in [5.41, 5.74) is 11.5.